The molecule has 5 nitrogen and oxygen atoms in total. The van der Waals surface area contributed by atoms with Crippen LogP contribution < -0.4 is 0 Å². The summed E-state index contributed by atoms with van der Waals surface area (Å²) in [5.41, 5.74) is 0. The molecule has 0 saturated carbocycles. The van der Waals surface area contributed by atoms with Gasteiger partial charge in [0.05, 0.1) is 0 Å². The summed E-state index contributed by atoms with van der Waals surface area (Å²) in [6.45, 7) is 2.11. The Morgan fingerprint density at radius 2 is 1.12 bits per heavy atom. The number of unbranched alkanes of at least 4 members (excludes halogenated alkanes) is 4. The lowest BCUT2D eigenvalue weighted by Crippen LogP contribution is -1.94. The highest BCUT2D eigenvalue weighted by molar-refractivity contribution is 6.10. The van der Waals surface area contributed by atoms with E-state index in [9.17, 15) is 19.2 Å². The van der Waals surface area contributed by atoms with E-state index < -0.39 is 11.8 Å². The summed E-state index contributed by atoms with van der Waals surface area (Å²) in [4.78, 5) is 44.8. The predicted molar refractivity (Wildman–Crippen MR) is 97.2 cm³/mol. The SMILES string of the molecule is CCCCC/C=C\C(=O)/C=C\C(=O)/C=C\C(=O)/C=C\CCCC(=O)O. The minimum Gasteiger partial charge on any atom is -0.481 e. The molecule has 0 fully saturated rings. The first kappa shape index (κ1) is 22.4. The first-order valence-corrected chi connectivity index (χ1v) is 8.48. The molecule has 0 atom stereocenters. The maximum atomic E-state index is 11.5. The van der Waals surface area contributed by atoms with Crippen LogP contribution in [0, 0.1) is 0 Å². The third-order valence-corrected chi connectivity index (χ3v) is 3.12. The van der Waals surface area contributed by atoms with Gasteiger partial charge in [-0.25, -0.2) is 0 Å². The van der Waals surface area contributed by atoms with Crippen molar-refractivity contribution in [3.8, 4) is 0 Å². The summed E-state index contributed by atoms with van der Waals surface area (Å²) in [5.74, 6) is -1.94. The number of hydrogen-bond acceptors (Lipinski definition) is 4. The zero-order chi connectivity index (χ0) is 18.9. The van der Waals surface area contributed by atoms with Crippen molar-refractivity contribution in [2.45, 2.75) is 51.9 Å². The van der Waals surface area contributed by atoms with E-state index >= 15 is 0 Å². The number of carboxylic acid groups (broad SMARTS) is 1. The Labute approximate surface area is 148 Å². The Hall–Kier alpha value is -2.56. The molecule has 0 spiro atoms. The van der Waals surface area contributed by atoms with Gasteiger partial charge in [-0.2, -0.15) is 0 Å². The minimum atomic E-state index is -0.873. The van der Waals surface area contributed by atoms with E-state index in [2.05, 4.69) is 6.92 Å². The number of carboxylic acids is 1. The van der Waals surface area contributed by atoms with E-state index in [1.807, 2.05) is 0 Å². The van der Waals surface area contributed by atoms with Crippen LogP contribution in [-0.4, -0.2) is 28.4 Å². The van der Waals surface area contributed by atoms with Crippen molar-refractivity contribution in [1.29, 1.82) is 0 Å². The van der Waals surface area contributed by atoms with Crippen LogP contribution >= 0.6 is 0 Å². The second-order valence-corrected chi connectivity index (χ2v) is 5.46. The molecule has 0 unspecified atom stereocenters. The zero-order valence-corrected chi connectivity index (χ0v) is 14.6. The average Bonchev–Trinajstić information content (AvgIpc) is 2.57. The van der Waals surface area contributed by atoms with E-state index in [0.717, 1.165) is 43.9 Å². The molecule has 0 aliphatic carbocycles. The van der Waals surface area contributed by atoms with Crippen LogP contribution in [0.15, 0.2) is 48.6 Å². The van der Waals surface area contributed by atoms with Crippen molar-refractivity contribution in [3.05, 3.63) is 48.6 Å². The fourth-order valence-corrected chi connectivity index (χ4v) is 1.78. The molecule has 0 saturated heterocycles. The highest BCUT2D eigenvalue weighted by Crippen LogP contribution is 2.00. The second kappa shape index (κ2) is 15.0. The first-order valence-electron chi connectivity index (χ1n) is 8.48. The van der Waals surface area contributed by atoms with Gasteiger partial charge in [0.25, 0.3) is 0 Å². The standard InChI is InChI=1S/C20H26O5/c1-2-3-4-5-7-10-17(21)13-15-19(23)16-14-18(22)11-8-6-9-12-20(24)25/h7-8,10-11,13-16H,2-6,9,12H2,1H3,(H,24,25)/b10-7-,11-8-,15-13-,16-14-. The number of aliphatic carboxylic acids is 1. The average molecular weight is 346 g/mol. The van der Waals surface area contributed by atoms with Gasteiger partial charge in [-0.15, -0.1) is 0 Å². The van der Waals surface area contributed by atoms with Crippen molar-refractivity contribution in [1.82, 2.24) is 0 Å². The molecule has 5 heteroatoms. The minimum absolute atomic E-state index is 0.0543. The smallest absolute Gasteiger partial charge is 0.303 e. The Bertz CT molecular complexity index is 565. The Balaban J connectivity index is 4.11. The van der Waals surface area contributed by atoms with Crippen LogP contribution in [0.5, 0.6) is 0 Å². The molecular weight excluding hydrogens is 320 g/mol. The highest BCUT2D eigenvalue weighted by atomic mass is 16.4. The van der Waals surface area contributed by atoms with Crippen molar-refractivity contribution >= 4 is 23.3 Å². The summed E-state index contributed by atoms with van der Waals surface area (Å²) >= 11 is 0. The molecule has 25 heavy (non-hydrogen) atoms. The first-order chi connectivity index (χ1) is 12.0. The molecule has 0 aliphatic rings. The van der Waals surface area contributed by atoms with E-state index in [4.69, 9.17) is 5.11 Å². The van der Waals surface area contributed by atoms with Crippen molar-refractivity contribution < 1.29 is 24.3 Å². The van der Waals surface area contributed by atoms with Crippen LogP contribution in [0.2, 0.25) is 0 Å². The van der Waals surface area contributed by atoms with Gasteiger partial charge in [0.1, 0.15) is 0 Å². The van der Waals surface area contributed by atoms with Crippen molar-refractivity contribution in [2.75, 3.05) is 0 Å². The molecule has 1 N–H and O–H groups in total. The Morgan fingerprint density at radius 1 is 0.680 bits per heavy atom. The lowest BCUT2D eigenvalue weighted by Gasteiger charge is -1.90. The topological polar surface area (TPSA) is 88.5 Å². The van der Waals surface area contributed by atoms with E-state index in [0.29, 0.717) is 12.8 Å². The lowest BCUT2D eigenvalue weighted by atomic mass is 10.2. The van der Waals surface area contributed by atoms with Crippen LogP contribution in [0.1, 0.15) is 51.9 Å². The van der Waals surface area contributed by atoms with Crippen LogP contribution in [0.25, 0.3) is 0 Å². The molecular formula is C20H26O5. The summed E-state index contributed by atoms with van der Waals surface area (Å²) in [6.07, 6.45) is 15.7. The maximum absolute atomic E-state index is 11.5. The van der Waals surface area contributed by atoms with E-state index in [1.54, 1.807) is 12.2 Å². The summed E-state index contributed by atoms with van der Waals surface area (Å²) < 4.78 is 0. The molecule has 0 bridgehead atoms. The zero-order valence-electron chi connectivity index (χ0n) is 14.6. The van der Waals surface area contributed by atoms with Crippen molar-refractivity contribution in [3.63, 3.8) is 0 Å². The summed E-state index contributed by atoms with van der Waals surface area (Å²) in [5, 5.41) is 8.46. The third kappa shape index (κ3) is 16.1. The Morgan fingerprint density at radius 3 is 1.56 bits per heavy atom. The van der Waals surface area contributed by atoms with Gasteiger partial charge in [0.15, 0.2) is 17.3 Å². The van der Waals surface area contributed by atoms with Gasteiger partial charge in [0, 0.05) is 6.42 Å². The van der Waals surface area contributed by atoms with Crippen LogP contribution in [-0.2, 0) is 19.2 Å². The maximum Gasteiger partial charge on any atom is 0.303 e. The number of hydrogen-bond donors (Lipinski definition) is 1. The number of rotatable bonds is 14. The van der Waals surface area contributed by atoms with E-state index in [-0.39, 0.29) is 18.0 Å². The number of carbonyl (C=O) groups excluding carboxylic acids is 3. The van der Waals surface area contributed by atoms with Gasteiger partial charge in [-0.05, 0) is 62.1 Å². The fourth-order valence-electron chi connectivity index (χ4n) is 1.78. The van der Waals surface area contributed by atoms with E-state index in [1.165, 1.54) is 18.2 Å². The molecule has 136 valence electrons. The monoisotopic (exact) mass is 346 g/mol. The third-order valence-electron chi connectivity index (χ3n) is 3.12. The van der Waals surface area contributed by atoms with Crippen LogP contribution in [0.3, 0.4) is 0 Å². The van der Waals surface area contributed by atoms with Gasteiger partial charge in [-0.1, -0.05) is 31.9 Å². The molecule has 0 aromatic heterocycles. The quantitative estimate of drug-likeness (QED) is 0.382. The van der Waals surface area contributed by atoms with Crippen LogP contribution in [0.4, 0.5) is 0 Å². The highest BCUT2D eigenvalue weighted by Gasteiger charge is 1.96. The summed E-state index contributed by atoms with van der Waals surface area (Å²) in [6, 6.07) is 0. The number of allylic oxidation sites excluding steroid dienone is 8. The van der Waals surface area contributed by atoms with Gasteiger partial charge < -0.3 is 5.11 Å². The normalized spacial score (nSPS) is 11.9. The molecule has 0 aliphatic heterocycles. The van der Waals surface area contributed by atoms with Crippen molar-refractivity contribution in [2.24, 2.45) is 0 Å². The molecule has 0 radical (unpaired) electrons. The fraction of sp³-hybridized carbons (Fsp3) is 0.400. The Kier molecular flexibility index (Phi) is 13.5. The largest absolute Gasteiger partial charge is 0.481 e. The van der Waals surface area contributed by atoms with Gasteiger partial charge in [-0.3, -0.25) is 19.2 Å². The number of ketones is 3. The predicted octanol–water partition coefficient (Wildman–Crippen LogP) is 3.75. The van der Waals surface area contributed by atoms with Gasteiger partial charge in [0.2, 0.25) is 0 Å². The second-order valence-electron chi connectivity index (χ2n) is 5.46. The summed E-state index contributed by atoms with van der Waals surface area (Å²) in [7, 11) is 0. The molecule has 0 heterocycles. The lowest BCUT2D eigenvalue weighted by molar-refractivity contribution is -0.137. The number of carbonyl (C=O) groups is 4. The molecule has 0 aromatic carbocycles. The molecule has 0 rings (SSSR count). The van der Waals surface area contributed by atoms with Gasteiger partial charge >= 0.3 is 5.97 Å². The molecule has 0 aromatic rings. The molecule has 0 amide bonds.